The molecule has 3 N–H and O–H groups in total. The molecule has 2 aliphatic rings. The van der Waals surface area contributed by atoms with E-state index in [1.165, 1.54) is 4.90 Å². The molecular weight excluding hydrogens is 586 g/mol. The molecule has 2 aliphatic heterocycles. The largest absolute Gasteiger partial charge is 0.349 e. The molecule has 0 aliphatic carbocycles. The summed E-state index contributed by atoms with van der Waals surface area (Å²) in [5.74, 6) is -1.96. The zero-order valence-corrected chi connectivity index (χ0v) is 26.2. The molecule has 1 saturated heterocycles. The number of carbonyl (C=O) groups excluding carboxylic acids is 4. The van der Waals surface area contributed by atoms with Crippen molar-refractivity contribution in [2.45, 2.75) is 71.2 Å². The first kappa shape index (κ1) is 30.8. The van der Waals surface area contributed by atoms with E-state index in [4.69, 9.17) is 0 Å². The Labute approximate surface area is 266 Å². The van der Waals surface area contributed by atoms with Gasteiger partial charge in [-0.2, -0.15) is 0 Å². The molecule has 4 bridgehead atoms. The molecule has 4 atom stereocenters. The Morgan fingerprint density at radius 2 is 1.67 bits per heavy atom. The second-order valence-electron chi connectivity index (χ2n) is 12.3. The Bertz CT molecular complexity index is 1810. The molecule has 4 amide bonds. The summed E-state index contributed by atoms with van der Waals surface area (Å²) in [4.78, 5) is 65.7. The van der Waals surface area contributed by atoms with Crippen LogP contribution in [0.2, 0.25) is 0 Å². The molecule has 0 radical (unpaired) electrons. The topological polar surface area (TPSA) is 164 Å². The number of benzene rings is 2. The number of amides is 4. The minimum absolute atomic E-state index is 0.0978. The van der Waals surface area contributed by atoms with Crippen LogP contribution in [0.5, 0.6) is 0 Å². The summed E-state index contributed by atoms with van der Waals surface area (Å²) in [5, 5.41) is 17.1. The van der Waals surface area contributed by atoms with Crippen molar-refractivity contribution in [2.24, 2.45) is 5.92 Å². The van der Waals surface area contributed by atoms with Crippen LogP contribution in [0, 0.1) is 19.8 Å². The van der Waals surface area contributed by atoms with Crippen LogP contribution in [-0.4, -0.2) is 78.2 Å². The fourth-order valence-electron chi connectivity index (χ4n) is 5.99. The molecule has 4 heterocycles. The van der Waals surface area contributed by atoms with E-state index in [1.807, 2.05) is 58.0 Å². The van der Waals surface area contributed by atoms with Crippen LogP contribution in [0.15, 0.2) is 54.7 Å². The normalized spacial score (nSPS) is 22.2. The van der Waals surface area contributed by atoms with Crippen molar-refractivity contribution < 1.29 is 19.2 Å². The maximum Gasteiger partial charge on any atom is 0.254 e. The SMILES string of the molecule is Cc1nc2ccc(C(=O)N3C[C@@H]4C[C@H]3C(=O)N[C@@H](C(C)C)C(=O)N[C@H](Cc3ccccc3)C(=O)NCc3cn4nn3)cc2nc1C. The minimum Gasteiger partial charge on any atom is -0.349 e. The van der Waals surface area contributed by atoms with E-state index in [1.54, 1.807) is 29.1 Å². The van der Waals surface area contributed by atoms with Gasteiger partial charge in [0, 0.05) is 24.9 Å². The van der Waals surface area contributed by atoms with E-state index < -0.39 is 29.9 Å². The third-order valence-corrected chi connectivity index (χ3v) is 8.70. The lowest BCUT2D eigenvalue weighted by molar-refractivity contribution is -0.134. The van der Waals surface area contributed by atoms with E-state index in [2.05, 4.69) is 36.2 Å². The Kier molecular flexibility index (Phi) is 8.48. The van der Waals surface area contributed by atoms with Crippen LogP contribution in [-0.2, 0) is 27.3 Å². The molecule has 238 valence electrons. The molecule has 2 aromatic carbocycles. The minimum atomic E-state index is -0.945. The second-order valence-corrected chi connectivity index (χ2v) is 12.3. The third kappa shape index (κ3) is 6.30. The molecule has 1 fully saturated rings. The van der Waals surface area contributed by atoms with Crippen molar-refractivity contribution in [3.63, 3.8) is 0 Å². The van der Waals surface area contributed by atoms with Crippen molar-refractivity contribution in [3.05, 3.63) is 82.9 Å². The first-order valence-corrected chi connectivity index (χ1v) is 15.5. The van der Waals surface area contributed by atoms with Crippen LogP contribution in [0.1, 0.15) is 59.3 Å². The van der Waals surface area contributed by atoms with Gasteiger partial charge in [0.25, 0.3) is 5.91 Å². The first-order valence-electron chi connectivity index (χ1n) is 15.5. The third-order valence-electron chi connectivity index (χ3n) is 8.70. The van der Waals surface area contributed by atoms with E-state index in [9.17, 15) is 19.2 Å². The van der Waals surface area contributed by atoms with Crippen LogP contribution in [0.3, 0.4) is 0 Å². The number of fused-ring (bicyclic) bond motifs is 6. The number of nitrogens with zero attached hydrogens (tertiary/aromatic N) is 6. The second kappa shape index (κ2) is 12.7. The van der Waals surface area contributed by atoms with Gasteiger partial charge >= 0.3 is 0 Å². The Balaban J connectivity index is 1.32. The van der Waals surface area contributed by atoms with E-state index in [0.29, 0.717) is 22.3 Å². The van der Waals surface area contributed by atoms with Gasteiger partial charge in [-0.3, -0.25) is 19.2 Å². The predicted molar refractivity (Wildman–Crippen MR) is 168 cm³/mol. The average Bonchev–Trinajstić information content (AvgIpc) is 3.70. The van der Waals surface area contributed by atoms with Gasteiger partial charge in [-0.1, -0.05) is 49.4 Å². The fourth-order valence-corrected chi connectivity index (χ4v) is 5.99. The summed E-state index contributed by atoms with van der Waals surface area (Å²) >= 11 is 0. The zero-order chi connectivity index (χ0) is 32.5. The van der Waals surface area contributed by atoms with Gasteiger partial charge in [0.15, 0.2) is 0 Å². The Morgan fingerprint density at radius 1 is 0.935 bits per heavy atom. The highest BCUT2D eigenvalue weighted by Crippen LogP contribution is 2.30. The number of rotatable bonds is 4. The van der Waals surface area contributed by atoms with E-state index in [0.717, 1.165) is 17.0 Å². The van der Waals surface area contributed by atoms with Gasteiger partial charge in [-0.05, 0) is 43.5 Å². The summed E-state index contributed by atoms with van der Waals surface area (Å²) in [6, 6.07) is 11.4. The number of hydrogen-bond donors (Lipinski definition) is 3. The maximum absolute atomic E-state index is 14.0. The highest BCUT2D eigenvalue weighted by molar-refractivity contribution is 6.01. The lowest BCUT2D eigenvalue weighted by atomic mass is 10.00. The average molecular weight is 624 g/mol. The van der Waals surface area contributed by atoms with Crippen molar-refractivity contribution in [1.29, 1.82) is 0 Å². The van der Waals surface area contributed by atoms with Gasteiger partial charge in [-0.25, -0.2) is 14.6 Å². The summed E-state index contributed by atoms with van der Waals surface area (Å²) in [5.41, 5.74) is 4.60. The Morgan fingerprint density at radius 3 is 2.41 bits per heavy atom. The molecular formula is C33H37N9O4. The molecule has 46 heavy (non-hydrogen) atoms. The highest BCUT2D eigenvalue weighted by atomic mass is 16.2. The van der Waals surface area contributed by atoms with Crippen LogP contribution in [0.4, 0.5) is 0 Å². The predicted octanol–water partition coefficient (Wildman–Crippen LogP) is 1.79. The van der Waals surface area contributed by atoms with Crippen molar-refractivity contribution in [2.75, 3.05) is 6.54 Å². The van der Waals surface area contributed by atoms with Gasteiger partial charge in [-0.15, -0.1) is 5.10 Å². The Hall–Kier alpha value is -5.20. The number of hydrogen-bond acceptors (Lipinski definition) is 8. The van der Waals surface area contributed by atoms with E-state index >= 15 is 0 Å². The van der Waals surface area contributed by atoms with Crippen LogP contribution in [0.25, 0.3) is 11.0 Å². The number of nitrogens with one attached hydrogen (secondary N) is 3. The van der Waals surface area contributed by atoms with Crippen molar-refractivity contribution in [1.82, 2.24) is 45.8 Å². The standard InChI is InChI=1S/C33H37N9O4/c1-18(2)29-32(45)37-27(12-21-8-6-5-7-9-21)30(43)34-15-23-16-42(40-39-23)24-14-28(31(44)38-29)41(17-24)33(46)22-10-11-25-26(13-22)36-20(4)19(3)35-25/h5-11,13,16,18,24,27-29H,12,14-15,17H2,1-4H3,(H,34,43)(H,37,45)(H,38,44)/t24-,27+,28-,29-/m0/s1. The van der Waals surface area contributed by atoms with Gasteiger partial charge in [0.2, 0.25) is 17.7 Å². The van der Waals surface area contributed by atoms with E-state index in [-0.39, 0.29) is 49.7 Å². The monoisotopic (exact) mass is 623 g/mol. The highest BCUT2D eigenvalue weighted by Gasteiger charge is 2.43. The van der Waals surface area contributed by atoms with Gasteiger partial charge in [0.05, 0.1) is 41.2 Å². The molecule has 2 aromatic heterocycles. The number of aromatic nitrogens is 5. The van der Waals surface area contributed by atoms with Crippen molar-refractivity contribution in [3.8, 4) is 0 Å². The first-order chi connectivity index (χ1) is 22.1. The smallest absolute Gasteiger partial charge is 0.254 e. The molecule has 0 spiro atoms. The molecule has 0 saturated carbocycles. The quantitative estimate of drug-likeness (QED) is 0.310. The maximum atomic E-state index is 14.0. The van der Waals surface area contributed by atoms with Crippen LogP contribution >= 0.6 is 0 Å². The number of likely N-dealkylation sites (tertiary alicyclic amines) is 1. The number of aryl methyl sites for hydroxylation is 2. The fraction of sp³-hybridized carbons (Fsp3) is 0.394. The molecule has 4 aromatic rings. The molecule has 13 nitrogen and oxygen atoms in total. The lowest BCUT2D eigenvalue weighted by Gasteiger charge is -2.29. The number of carbonyl (C=O) groups is 4. The summed E-state index contributed by atoms with van der Waals surface area (Å²) in [6.07, 6.45) is 2.24. The van der Waals surface area contributed by atoms with Gasteiger partial charge < -0.3 is 20.9 Å². The summed E-state index contributed by atoms with van der Waals surface area (Å²) in [6.45, 7) is 7.68. The zero-order valence-electron chi connectivity index (χ0n) is 26.2. The molecule has 6 rings (SSSR count). The van der Waals surface area contributed by atoms with Gasteiger partial charge in [0.1, 0.15) is 23.8 Å². The molecule has 0 unspecified atom stereocenters. The van der Waals surface area contributed by atoms with Crippen LogP contribution < -0.4 is 16.0 Å². The summed E-state index contributed by atoms with van der Waals surface area (Å²) < 4.78 is 1.64. The van der Waals surface area contributed by atoms with Crippen molar-refractivity contribution >= 4 is 34.7 Å². The summed E-state index contributed by atoms with van der Waals surface area (Å²) in [7, 11) is 0. The molecule has 13 heteroatoms. The lowest BCUT2D eigenvalue weighted by Crippen LogP contribution is -2.58.